The molecule has 0 saturated heterocycles. The second-order valence-corrected chi connectivity index (χ2v) is 7.14. The average Bonchev–Trinajstić information content (AvgIpc) is 2.99. The van der Waals surface area contributed by atoms with Crippen LogP contribution in [0.1, 0.15) is 31.1 Å². The maximum atomic E-state index is 12.5. The van der Waals surface area contributed by atoms with Gasteiger partial charge in [-0.1, -0.05) is 18.2 Å². The fourth-order valence-corrected chi connectivity index (χ4v) is 2.71. The van der Waals surface area contributed by atoms with E-state index in [-0.39, 0.29) is 17.0 Å². The number of fused-ring (bicyclic) bond motifs is 1. The van der Waals surface area contributed by atoms with Crippen LogP contribution in [0.2, 0.25) is 0 Å². The van der Waals surface area contributed by atoms with Crippen molar-refractivity contribution in [2.75, 3.05) is 10.6 Å². The first kappa shape index (κ1) is 17.5. The highest BCUT2D eigenvalue weighted by Gasteiger charge is 2.21. The number of rotatable bonds is 4. The van der Waals surface area contributed by atoms with Crippen LogP contribution in [0.4, 0.5) is 11.4 Å². The fraction of sp³-hybridized carbons (Fsp3) is 0.200. The third-order valence-corrected chi connectivity index (χ3v) is 3.81. The molecule has 1 aromatic heterocycles. The molecule has 2 aromatic carbocycles. The van der Waals surface area contributed by atoms with Crippen molar-refractivity contribution in [3.05, 3.63) is 54.2 Å². The summed E-state index contributed by atoms with van der Waals surface area (Å²) < 4.78 is 0. The first-order chi connectivity index (χ1) is 12.2. The van der Waals surface area contributed by atoms with E-state index >= 15 is 0 Å². The number of phenolic OH excluding ortho intramolecular Hbond substituents is 1. The van der Waals surface area contributed by atoms with Gasteiger partial charge >= 0.3 is 0 Å². The van der Waals surface area contributed by atoms with Crippen LogP contribution in [0, 0.1) is 0 Å². The van der Waals surface area contributed by atoms with E-state index in [4.69, 9.17) is 0 Å². The van der Waals surface area contributed by atoms with Crippen LogP contribution in [-0.4, -0.2) is 27.3 Å². The van der Waals surface area contributed by atoms with E-state index in [9.17, 15) is 14.7 Å². The van der Waals surface area contributed by atoms with Gasteiger partial charge in [-0.25, -0.2) is 0 Å². The number of hydrogen-bond acceptors (Lipinski definition) is 4. The molecular weight excluding hydrogens is 330 g/mol. The van der Waals surface area contributed by atoms with Gasteiger partial charge in [0.05, 0.1) is 11.3 Å². The van der Waals surface area contributed by atoms with E-state index in [2.05, 4.69) is 15.6 Å². The number of phenols is 1. The summed E-state index contributed by atoms with van der Waals surface area (Å²) in [6.07, 6.45) is 1.52. The van der Waals surface area contributed by atoms with Crippen molar-refractivity contribution in [1.29, 1.82) is 0 Å². The van der Waals surface area contributed by atoms with Crippen molar-refractivity contribution in [3.8, 4) is 5.75 Å². The van der Waals surface area contributed by atoms with Crippen LogP contribution in [0.5, 0.6) is 5.75 Å². The van der Waals surface area contributed by atoms with E-state index < -0.39 is 11.7 Å². The first-order valence-corrected chi connectivity index (χ1v) is 8.27. The Bertz CT molecular complexity index is 983. The summed E-state index contributed by atoms with van der Waals surface area (Å²) in [5, 5.41) is 16.5. The monoisotopic (exact) mass is 351 g/mol. The lowest BCUT2D eigenvalue weighted by atomic mass is 10.1. The molecule has 0 aliphatic carbocycles. The average molecular weight is 351 g/mol. The minimum atomic E-state index is -0.804. The standard InChI is InChI=1S/C20H21N3O3/c1-20(2,3)23-12-8-9-16(17(24)10-12)22-19(26)18(25)14-11-21-15-7-5-4-6-13(14)15/h4-11,21,23-24H,1-3H3,(H,22,26). The van der Waals surface area contributed by atoms with E-state index in [0.29, 0.717) is 10.9 Å². The maximum Gasteiger partial charge on any atom is 0.296 e. The summed E-state index contributed by atoms with van der Waals surface area (Å²) in [6, 6.07) is 12.1. The number of Topliss-reactive ketones (excluding diaryl/α,β-unsaturated/α-hetero) is 1. The summed E-state index contributed by atoms with van der Waals surface area (Å²) in [5.41, 5.74) is 1.81. The van der Waals surface area contributed by atoms with Gasteiger partial charge in [0, 0.05) is 34.4 Å². The smallest absolute Gasteiger partial charge is 0.296 e. The zero-order chi connectivity index (χ0) is 18.9. The molecule has 0 aliphatic rings. The molecule has 0 spiro atoms. The van der Waals surface area contributed by atoms with Crippen LogP contribution in [0.25, 0.3) is 10.9 Å². The number of aromatic hydroxyl groups is 1. The van der Waals surface area contributed by atoms with Crippen LogP contribution in [-0.2, 0) is 4.79 Å². The minimum absolute atomic E-state index is 0.112. The summed E-state index contributed by atoms with van der Waals surface area (Å²) in [5.74, 6) is -1.58. The van der Waals surface area contributed by atoms with Gasteiger partial charge in [-0.2, -0.15) is 0 Å². The van der Waals surface area contributed by atoms with Crippen LogP contribution in [0.3, 0.4) is 0 Å². The molecule has 6 nitrogen and oxygen atoms in total. The van der Waals surface area contributed by atoms with Crippen molar-refractivity contribution in [2.24, 2.45) is 0 Å². The zero-order valence-corrected chi connectivity index (χ0v) is 14.9. The Morgan fingerprint density at radius 1 is 1.08 bits per heavy atom. The highest BCUT2D eigenvalue weighted by molar-refractivity contribution is 6.48. The lowest BCUT2D eigenvalue weighted by Gasteiger charge is -2.22. The molecule has 0 fully saturated rings. The van der Waals surface area contributed by atoms with Gasteiger partial charge in [0.1, 0.15) is 5.75 Å². The van der Waals surface area contributed by atoms with Crippen molar-refractivity contribution >= 4 is 34.0 Å². The SMILES string of the molecule is CC(C)(C)Nc1ccc(NC(=O)C(=O)c2c[nH]c3ccccc23)c(O)c1. The Kier molecular flexibility index (Phi) is 4.42. The molecule has 1 heterocycles. The van der Waals surface area contributed by atoms with Crippen molar-refractivity contribution in [1.82, 2.24) is 4.98 Å². The molecule has 0 saturated carbocycles. The van der Waals surface area contributed by atoms with E-state index in [1.54, 1.807) is 24.3 Å². The topological polar surface area (TPSA) is 94.2 Å². The second kappa shape index (κ2) is 6.55. The van der Waals surface area contributed by atoms with Gasteiger partial charge in [0.2, 0.25) is 0 Å². The van der Waals surface area contributed by atoms with E-state index in [1.165, 1.54) is 12.3 Å². The molecule has 0 unspecified atom stereocenters. The number of aromatic amines is 1. The molecule has 0 radical (unpaired) electrons. The molecule has 134 valence electrons. The number of carbonyl (C=O) groups is 2. The Labute approximate surface area is 151 Å². The molecular formula is C20H21N3O3. The number of nitrogens with one attached hydrogen (secondary N) is 3. The van der Waals surface area contributed by atoms with E-state index in [0.717, 1.165) is 11.2 Å². The van der Waals surface area contributed by atoms with Gasteiger partial charge in [-0.05, 0) is 39.0 Å². The molecule has 6 heteroatoms. The minimum Gasteiger partial charge on any atom is -0.506 e. The Morgan fingerprint density at radius 3 is 2.50 bits per heavy atom. The highest BCUT2D eigenvalue weighted by atomic mass is 16.3. The summed E-state index contributed by atoms with van der Waals surface area (Å²) >= 11 is 0. The predicted octanol–water partition coefficient (Wildman–Crippen LogP) is 3.91. The number of benzene rings is 2. The number of hydrogen-bond donors (Lipinski definition) is 4. The molecule has 1 amide bonds. The van der Waals surface area contributed by atoms with Gasteiger partial charge in [-0.15, -0.1) is 0 Å². The van der Waals surface area contributed by atoms with Crippen LogP contribution < -0.4 is 10.6 Å². The number of anilines is 2. The Balaban J connectivity index is 1.78. The number of para-hydroxylation sites is 1. The number of H-pyrrole nitrogens is 1. The van der Waals surface area contributed by atoms with Gasteiger partial charge in [-0.3, -0.25) is 9.59 Å². The molecule has 26 heavy (non-hydrogen) atoms. The molecule has 3 rings (SSSR count). The second-order valence-electron chi connectivity index (χ2n) is 7.14. The lowest BCUT2D eigenvalue weighted by Crippen LogP contribution is -2.26. The molecule has 3 aromatic rings. The lowest BCUT2D eigenvalue weighted by molar-refractivity contribution is -0.112. The van der Waals surface area contributed by atoms with Crippen LogP contribution >= 0.6 is 0 Å². The largest absolute Gasteiger partial charge is 0.506 e. The summed E-state index contributed by atoms with van der Waals surface area (Å²) in [7, 11) is 0. The normalized spacial score (nSPS) is 11.3. The summed E-state index contributed by atoms with van der Waals surface area (Å²) in [6.45, 7) is 6.00. The number of ketones is 1. The molecule has 0 atom stereocenters. The number of amides is 1. The van der Waals surface area contributed by atoms with Gasteiger partial charge in [0.15, 0.2) is 0 Å². The number of aromatic nitrogens is 1. The zero-order valence-electron chi connectivity index (χ0n) is 14.9. The fourth-order valence-electron chi connectivity index (χ4n) is 2.71. The van der Waals surface area contributed by atoms with E-state index in [1.807, 2.05) is 32.9 Å². The van der Waals surface area contributed by atoms with Crippen molar-refractivity contribution in [2.45, 2.75) is 26.3 Å². The predicted molar refractivity (Wildman–Crippen MR) is 103 cm³/mol. The summed E-state index contributed by atoms with van der Waals surface area (Å²) in [4.78, 5) is 27.8. The Hall–Kier alpha value is -3.28. The maximum absolute atomic E-state index is 12.5. The van der Waals surface area contributed by atoms with Gasteiger partial charge in [0.25, 0.3) is 11.7 Å². The first-order valence-electron chi connectivity index (χ1n) is 8.27. The third-order valence-electron chi connectivity index (χ3n) is 3.81. The molecule has 4 N–H and O–H groups in total. The molecule has 0 aliphatic heterocycles. The highest BCUT2D eigenvalue weighted by Crippen LogP contribution is 2.28. The van der Waals surface area contributed by atoms with Gasteiger partial charge < -0.3 is 20.7 Å². The quantitative estimate of drug-likeness (QED) is 0.326. The van der Waals surface area contributed by atoms with Crippen molar-refractivity contribution < 1.29 is 14.7 Å². The molecule has 0 bridgehead atoms. The van der Waals surface area contributed by atoms with Crippen LogP contribution in [0.15, 0.2) is 48.7 Å². The van der Waals surface area contributed by atoms with Crippen molar-refractivity contribution in [3.63, 3.8) is 0 Å². The number of carbonyl (C=O) groups excluding carboxylic acids is 2. The Morgan fingerprint density at radius 2 is 1.81 bits per heavy atom. The third kappa shape index (κ3) is 3.69.